The largest absolute Gasteiger partial charge is 0.445 e. The summed E-state index contributed by atoms with van der Waals surface area (Å²) in [7, 11) is 2.23. The predicted octanol–water partition coefficient (Wildman–Crippen LogP) is 3.59. The van der Waals surface area contributed by atoms with Crippen LogP contribution in [0.1, 0.15) is 50.7 Å². The first-order valence-corrected chi connectivity index (χ1v) is 11.6. The molecule has 1 fully saturated rings. The van der Waals surface area contributed by atoms with Gasteiger partial charge >= 0.3 is 5.97 Å². The van der Waals surface area contributed by atoms with Gasteiger partial charge in [0, 0.05) is 43.1 Å². The summed E-state index contributed by atoms with van der Waals surface area (Å²) in [6, 6.07) is 2.53. The van der Waals surface area contributed by atoms with Crippen LogP contribution in [0, 0.1) is 11.8 Å². The molecule has 6 nitrogen and oxygen atoms in total. The van der Waals surface area contributed by atoms with Crippen LogP contribution < -0.4 is 9.47 Å². The van der Waals surface area contributed by atoms with Crippen LogP contribution in [0.5, 0.6) is 17.2 Å². The van der Waals surface area contributed by atoms with E-state index >= 15 is 0 Å². The van der Waals surface area contributed by atoms with Crippen LogP contribution >= 0.6 is 0 Å². The van der Waals surface area contributed by atoms with Gasteiger partial charge < -0.3 is 24.2 Å². The molecule has 2 aliphatic heterocycles. The van der Waals surface area contributed by atoms with Gasteiger partial charge in [0.05, 0.1) is 6.10 Å². The second-order valence-electron chi connectivity index (χ2n) is 9.87. The van der Waals surface area contributed by atoms with Gasteiger partial charge in [-0.1, -0.05) is 19.1 Å². The fourth-order valence-corrected chi connectivity index (χ4v) is 6.08. The Labute approximate surface area is 184 Å². The number of piperidine rings is 1. The van der Waals surface area contributed by atoms with Gasteiger partial charge in [-0.3, -0.25) is 4.79 Å². The standard InChI is InChI=1S/C25H33NO5/c1-15(14-27)5-4-10-29-17-6-7-19-21-11-18-20(25(19,13-17)8-9-26(21)3)12-22(30-16(2)28)24-23(18)31-24/h6-7,12,15,17,19,21,27H,4-5,8-11,13-14H2,1-3H3/t15?,17?,19-,21+,25-/m0/s1. The van der Waals surface area contributed by atoms with Crippen molar-refractivity contribution in [3.05, 3.63) is 29.3 Å². The molecule has 5 atom stereocenters. The molecule has 0 amide bonds. The Morgan fingerprint density at radius 2 is 2.23 bits per heavy atom. The first kappa shape index (κ1) is 21.0. The summed E-state index contributed by atoms with van der Waals surface area (Å²) in [6.45, 7) is 5.50. The van der Waals surface area contributed by atoms with Crippen LogP contribution in [0.3, 0.4) is 0 Å². The summed E-state index contributed by atoms with van der Waals surface area (Å²) in [5.74, 6) is 2.67. The number of carbonyl (C=O) groups excluding carboxylic acids is 1. The molecule has 31 heavy (non-hydrogen) atoms. The average Bonchev–Trinajstić information content (AvgIpc) is 3.55. The first-order valence-electron chi connectivity index (χ1n) is 11.6. The van der Waals surface area contributed by atoms with E-state index in [4.69, 9.17) is 14.2 Å². The molecule has 0 spiro atoms. The highest BCUT2D eigenvalue weighted by Gasteiger charge is 2.56. The van der Waals surface area contributed by atoms with Crippen LogP contribution in [0.2, 0.25) is 0 Å². The molecular weight excluding hydrogens is 394 g/mol. The zero-order chi connectivity index (χ0) is 21.8. The number of fused-ring (bicyclic) bond motifs is 3. The monoisotopic (exact) mass is 427 g/mol. The minimum Gasteiger partial charge on any atom is -0.445 e. The Balaban J connectivity index is 1.43. The number of ether oxygens (including phenoxy) is 3. The molecule has 1 N–H and O–H groups in total. The SMILES string of the molecule is CC(=O)Oc1cc2c(c3c1O3)C[C@@H]1[C@@H]3C=CC(OCCCC(C)CO)C[C@]23CCN1C. The Bertz CT molecular complexity index is 912. The van der Waals surface area contributed by atoms with E-state index in [1.165, 1.54) is 18.1 Å². The highest BCUT2D eigenvalue weighted by Crippen LogP contribution is 2.63. The highest BCUT2D eigenvalue weighted by atomic mass is 16.6. The summed E-state index contributed by atoms with van der Waals surface area (Å²) < 4.78 is 17.6. The zero-order valence-corrected chi connectivity index (χ0v) is 18.7. The minimum atomic E-state index is -0.314. The number of nitrogens with zero attached hydrogens (tertiary/aromatic N) is 1. The number of aliphatic hydroxyl groups is 1. The molecule has 2 aliphatic carbocycles. The molecule has 2 heterocycles. The summed E-state index contributed by atoms with van der Waals surface area (Å²) in [4.78, 5) is 14.1. The lowest BCUT2D eigenvalue weighted by Gasteiger charge is -2.57. The molecule has 168 valence electrons. The Morgan fingerprint density at radius 3 is 3.00 bits per heavy atom. The topological polar surface area (TPSA) is 71.5 Å². The molecule has 6 heteroatoms. The average molecular weight is 428 g/mol. The van der Waals surface area contributed by atoms with E-state index in [1.807, 2.05) is 0 Å². The summed E-state index contributed by atoms with van der Waals surface area (Å²) in [5.41, 5.74) is 2.57. The van der Waals surface area contributed by atoms with E-state index in [2.05, 4.69) is 37.1 Å². The number of aliphatic hydroxyl groups excluding tert-OH is 1. The molecule has 0 saturated carbocycles. The van der Waals surface area contributed by atoms with Crippen molar-refractivity contribution in [1.82, 2.24) is 4.90 Å². The van der Waals surface area contributed by atoms with Crippen molar-refractivity contribution in [1.29, 1.82) is 0 Å². The molecule has 1 aromatic rings. The lowest BCUT2D eigenvalue weighted by Crippen LogP contribution is -2.60. The van der Waals surface area contributed by atoms with Crippen LogP contribution in [-0.4, -0.2) is 54.9 Å². The quantitative estimate of drug-likeness (QED) is 0.239. The first-order chi connectivity index (χ1) is 14.9. The lowest BCUT2D eigenvalue weighted by molar-refractivity contribution is -0.131. The van der Waals surface area contributed by atoms with E-state index in [9.17, 15) is 9.90 Å². The van der Waals surface area contributed by atoms with Crippen molar-refractivity contribution in [3.63, 3.8) is 0 Å². The second-order valence-corrected chi connectivity index (χ2v) is 9.87. The van der Waals surface area contributed by atoms with Gasteiger partial charge in [-0.15, -0.1) is 0 Å². The maximum Gasteiger partial charge on any atom is 0.308 e. The van der Waals surface area contributed by atoms with Crippen molar-refractivity contribution in [2.24, 2.45) is 11.8 Å². The number of carbonyl (C=O) groups is 1. The van der Waals surface area contributed by atoms with Gasteiger partial charge in [-0.2, -0.15) is 0 Å². The predicted molar refractivity (Wildman–Crippen MR) is 117 cm³/mol. The van der Waals surface area contributed by atoms with Crippen molar-refractivity contribution in [2.45, 2.75) is 63.5 Å². The highest BCUT2D eigenvalue weighted by molar-refractivity contribution is 5.77. The van der Waals surface area contributed by atoms with Crippen LogP contribution in [0.4, 0.5) is 0 Å². The number of likely N-dealkylation sites (tertiary alicyclic amines) is 1. The molecule has 5 rings (SSSR count). The van der Waals surface area contributed by atoms with Crippen molar-refractivity contribution < 1.29 is 24.1 Å². The van der Waals surface area contributed by atoms with Gasteiger partial charge in [0.25, 0.3) is 0 Å². The molecule has 1 aromatic carbocycles. The fraction of sp³-hybridized carbons (Fsp3) is 0.640. The number of benzene rings is 1. The van der Waals surface area contributed by atoms with Crippen LogP contribution in [0.25, 0.3) is 0 Å². The van der Waals surface area contributed by atoms with Gasteiger partial charge in [-0.25, -0.2) is 0 Å². The van der Waals surface area contributed by atoms with E-state index in [1.54, 1.807) is 0 Å². The molecule has 2 bridgehead atoms. The van der Waals surface area contributed by atoms with Crippen LogP contribution in [-0.2, 0) is 21.4 Å². The van der Waals surface area contributed by atoms with E-state index in [-0.39, 0.29) is 24.1 Å². The molecular formula is C25H33NO5. The maximum absolute atomic E-state index is 11.6. The molecule has 0 radical (unpaired) electrons. The van der Waals surface area contributed by atoms with Gasteiger partial charge in [0.1, 0.15) is 0 Å². The van der Waals surface area contributed by atoms with E-state index < -0.39 is 0 Å². The lowest BCUT2D eigenvalue weighted by atomic mass is 9.53. The Morgan fingerprint density at radius 1 is 1.39 bits per heavy atom. The summed E-state index contributed by atoms with van der Waals surface area (Å²) >= 11 is 0. The third kappa shape index (κ3) is 3.59. The third-order valence-corrected chi connectivity index (χ3v) is 7.78. The third-order valence-electron chi connectivity index (χ3n) is 7.78. The normalized spacial score (nSPS) is 31.2. The number of esters is 1. The minimum absolute atomic E-state index is 0.0154. The van der Waals surface area contributed by atoms with Gasteiger partial charge in [0.15, 0.2) is 11.5 Å². The van der Waals surface area contributed by atoms with Gasteiger partial charge in [0.2, 0.25) is 5.75 Å². The Hall–Kier alpha value is -1.89. The fourth-order valence-electron chi connectivity index (χ4n) is 6.08. The molecule has 1 saturated heterocycles. The number of likely N-dealkylation sites (N-methyl/N-ethyl adjacent to an activating group) is 1. The number of hydrogen-bond acceptors (Lipinski definition) is 6. The molecule has 4 aliphatic rings. The summed E-state index contributed by atoms with van der Waals surface area (Å²) in [6.07, 6.45) is 9.63. The second kappa shape index (κ2) is 7.91. The van der Waals surface area contributed by atoms with Gasteiger partial charge in [-0.05, 0) is 63.2 Å². The van der Waals surface area contributed by atoms with Crippen molar-refractivity contribution >= 4 is 5.97 Å². The van der Waals surface area contributed by atoms with E-state index in [0.717, 1.165) is 50.1 Å². The maximum atomic E-state index is 11.6. The smallest absolute Gasteiger partial charge is 0.308 e. The zero-order valence-electron chi connectivity index (χ0n) is 18.7. The molecule has 2 unspecified atom stereocenters. The Kier molecular flexibility index (Phi) is 5.35. The van der Waals surface area contributed by atoms with E-state index in [0.29, 0.717) is 30.2 Å². The number of hydrogen-bond donors (Lipinski definition) is 1. The van der Waals surface area contributed by atoms with Crippen molar-refractivity contribution in [3.8, 4) is 17.2 Å². The molecule has 0 aromatic heterocycles. The van der Waals surface area contributed by atoms with Crippen molar-refractivity contribution in [2.75, 3.05) is 26.8 Å². The number of rotatable bonds is 7. The van der Waals surface area contributed by atoms with Crippen LogP contribution in [0.15, 0.2) is 18.2 Å². The summed E-state index contributed by atoms with van der Waals surface area (Å²) in [5, 5.41) is 9.23.